The molecule has 2 aliphatic heterocycles. The van der Waals surface area contributed by atoms with E-state index in [9.17, 15) is 4.79 Å². The van der Waals surface area contributed by atoms with E-state index < -0.39 is 0 Å². The highest BCUT2D eigenvalue weighted by Crippen LogP contribution is 2.25. The molecule has 2 fully saturated rings. The molecule has 0 aromatic heterocycles. The summed E-state index contributed by atoms with van der Waals surface area (Å²) >= 11 is 6.17. The number of hydrogen-bond acceptors (Lipinski definition) is 1. The molecule has 1 aromatic rings. The van der Waals surface area contributed by atoms with E-state index in [0.717, 1.165) is 30.2 Å². The number of likely N-dealkylation sites (tertiary alicyclic amines) is 1. The summed E-state index contributed by atoms with van der Waals surface area (Å²) in [6, 6.07) is 8.82. The van der Waals surface area contributed by atoms with E-state index in [2.05, 4.69) is 17.1 Å². The van der Waals surface area contributed by atoms with Crippen LogP contribution in [0.25, 0.3) is 6.08 Å². The van der Waals surface area contributed by atoms with Gasteiger partial charge in [0.15, 0.2) is 0 Å². The zero-order valence-electron chi connectivity index (χ0n) is 13.5. The molecular weight excluding hydrogens is 331 g/mol. The summed E-state index contributed by atoms with van der Waals surface area (Å²) in [7, 11) is 0. The van der Waals surface area contributed by atoms with Crippen LogP contribution in [0, 0.1) is 0 Å². The summed E-state index contributed by atoms with van der Waals surface area (Å²) in [5.74, 6) is 0.332. The van der Waals surface area contributed by atoms with Gasteiger partial charge in [0.05, 0.1) is 31.7 Å². The van der Waals surface area contributed by atoms with Gasteiger partial charge in [0.25, 0.3) is 0 Å². The Balaban J connectivity index is 0.00000192. The SMILES string of the molecule is CCC(=O)N1C2CCC1C[NH+](C/C=C/c1ccccc1Cl)C2.[Cl-]. The van der Waals surface area contributed by atoms with Crippen molar-refractivity contribution in [3.8, 4) is 0 Å². The standard InChI is InChI=1S/C18H23ClN2O.ClH/c1-2-18(22)21-15-9-10-16(21)13-20(12-15)11-5-7-14-6-3-4-8-17(14)19;/h3-8,15-16H,2,9-13H2,1H3;1H/b7-5+;. The van der Waals surface area contributed by atoms with Gasteiger partial charge in [-0.2, -0.15) is 0 Å². The number of quaternary nitrogens is 1. The molecule has 5 heteroatoms. The maximum absolute atomic E-state index is 12.1. The van der Waals surface area contributed by atoms with Crippen LogP contribution >= 0.6 is 11.6 Å². The van der Waals surface area contributed by atoms with Gasteiger partial charge in [-0.3, -0.25) is 4.79 Å². The topological polar surface area (TPSA) is 24.8 Å². The quantitative estimate of drug-likeness (QED) is 0.739. The van der Waals surface area contributed by atoms with Gasteiger partial charge in [-0.1, -0.05) is 42.8 Å². The second-order valence-corrected chi connectivity index (χ2v) is 6.73. The largest absolute Gasteiger partial charge is 1.00 e. The second kappa shape index (κ2) is 8.18. The fourth-order valence-electron chi connectivity index (χ4n) is 3.83. The first kappa shape index (κ1) is 18.3. The summed E-state index contributed by atoms with van der Waals surface area (Å²) in [5.41, 5.74) is 1.08. The highest BCUT2D eigenvalue weighted by molar-refractivity contribution is 6.32. The number of nitrogens with one attached hydrogen (secondary N) is 1. The molecule has 2 aliphatic rings. The minimum atomic E-state index is 0. The van der Waals surface area contributed by atoms with Gasteiger partial charge < -0.3 is 22.2 Å². The lowest BCUT2D eigenvalue weighted by Crippen LogP contribution is -3.15. The first-order valence-corrected chi connectivity index (χ1v) is 8.62. The third-order valence-electron chi connectivity index (χ3n) is 4.87. The first-order valence-electron chi connectivity index (χ1n) is 8.25. The Morgan fingerprint density at radius 1 is 1.30 bits per heavy atom. The molecule has 2 unspecified atom stereocenters. The molecule has 2 bridgehead atoms. The van der Waals surface area contributed by atoms with Crippen molar-refractivity contribution >= 4 is 23.6 Å². The molecule has 0 spiro atoms. The highest BCUT2D eigenvalue weighted by Gasteiger charge is 2.43. The fourth-order valence-corrected chi connectivity index (χ4v) is 4.03. The number of piperazine rings is 1. The monoisotopic (exact) mass is 354 g/mol. The molecule has 2 saturated heterocycles. The van der Waals surface area contributed by atoms with Crippen LogP contribution in [0.3, 0.4) is 0 Å². The van der Waals surface area contributed by atoms with Gasteiger partial charge >= 0.3 is 0 Å². The third-order valence-corrected chi connectivity index (χ3v) is 5.21. The third kappa shape index (κ3) is 4.09. The molecule has 0 radical (unpaired) electrons. The van der Waals surface area contributed by atoms with Crippen LogP contribution in [-0.4, -0.2) is 42.5 Å². The van der Waals surface area contributed by atoms with Crippen molar-refractivity contribution in [2.75, 3.05) is 19.6 Å². The van der Waals surface area contributed by atoms with E-state index in [-0.39, 0.29) is 12.4 Å². The smallest absolute Gasteiger partial charge is 0.223 e. The van der Waals surface area contributed by atoms with Crippen LogP contribution in [0.2, 0.25) is 5.02 Å². The number of rotatable bonds is 4. The van der Waals surface area contributed by atoms with Crippen molar-refractivity contribution in [1.82, 2.24) is 4.90 Å². The molecular formula is C18H24Cl2N2O. The van der Waals surface area contributed by atoms with Crippen LogP contribution in [-0.2, 0) is 4.79 Å². The fraction of sp³-hybridized carbons (Fsp3) is 0.500. The zero-order chi connectivity index (χ0) is 15.5. The minimum Gasteiger partial charge on any atom is -1.00 e. The molecule has 3 rings (SSSR count). The maximum atomic E-state index is 12.1. The van der Waals surface area contributed by atoms with Crippen LogP contribution in [0.1, 0.15) is 31.7 Å². The van der Waals surface area contributed by atoms with Gasteiger partial charge in [0.1, 0.15) is 0 Å². The van der Waals surface area contributed by atoms with Crippen LogP contribution in [0.4, 0.5) is 0 Å². The van der Waals surface area contributed by atoms with Crippen molar-refractivity contribution in [1.29, 1.82) is 0 Å². The highest BCUT2D eigenvalue weighted by atomic mass is 35.5. The molecule has 1 amide bonds. The van der Waals surface area contributed by atoms with E-state index in [0.29, 0.717) is 24.4 Å². The Kier molecular flexibility index (Phi) is 6.51. The Morgan fingerprint density at radius 3 is 2.57 bits per heavy atom. The number of amides is 1. The van der Waals surface area contributed by atoms with Gasteiger partial charge in [-0.05, 0) is 30.5 Å². The normalized spacial score (nSPS) is 26.3. The maximum Gasteiger partial charge on any atom is 0.223 e. The summed E-state index contributed by atoms with van der Waals surface area (Å²) < 4.78 is 0. The lowest BCUT2D eigenvalue weighted by atomic mass is 10.1. The number of carbonyl (C=O) groups excluding carboxylic acids is 1. The zero-order valence-corrected chi connectivity index (χ0v) is 15.0. The van der Waals surface area contributed by atoms with E-state index in [4.69, 9.17) is 11.6 Å². The number of hydrogen-bond donors (Lipinski definition) is 1. The summed E-state index contributed by atoms with van der Waals surface area (Å²) in [6.45, 7) is 5.13. The molecule has 1 aromatic carbocycles. The Morgan fingerprint density at radius 2 is 1.96 bits per heavy atom. The van der Waals surface area contributed by atoms with Gasteiger partial charge in [0, 0.05) is 11.4 Å². The molecule has 126 valence electrons. The van der Waals surface area contributed by atoms with Crippen molar-refractivity contribution < 1.29 is 22.1 Å². The Bertz CT molecular complexity index is 562. The van der Waals surface area contributed by atoms with Crippen LogP contribution in [0.5, 0.6) is 0 Å². The summed E-state index contributed by atoms with van der Waals surface area (Å²) in [5, 5.41) is 0.798. The molecule has 0 aliphatic carbocycles. The first-order chi connectivity index (χ1) is 10.7. The number of fused-ring (bicyclic) bond motifs is 2. The number of halogens is 2. The van der Waals surface area contributed by atoms with E-state index in [1.165, 1.54) is 12.8 Å². The molecule has 0 saturated carbocycles. The predicted molar refractivity (Wildman–Crippen MR) is 90.0 cm³/mol. The average molecular weight is 355 g/mol. The van der Waals surface area contributed by atoms with Crippen LogP contribution in [0.15, 0.2) is 30.3 Å². The lowest BCUT2D eigenvalue weighted by molar-refractivity contribution is -0.902. The van der Waals surface area contributed by atoms with Gasteiger partial charge in [0.2, 0.25) is 5.91 Å². The molecule has 23 heavy (non-hydrogen) atoms. The number of nitrogens with zero attached hydrogens (tertiary/aromatic N) is 1. The molecule has 3 nitrogen and oxygen atoms in total. The van der Waals surface area contributed by atoms with E-state index in [1.807, 2.05) is 31.2 Å². The molecule has 2 atom stereocenters. The number of benzene rings is 1. The van der Waals surface area contributed by atoms with Gasteiger partial charge in [-0.15, -0.1) is 0 Å². The second-order valence-electron chi connectivity index (χ2n) is 6.33. The average Bonchev–Trinajstić information content (AvgIpc) is 2.79. The Labute approximate surface area is 149 Å². The summed E-state index contributed by atoms with van der Waals surface area (Å²) in [6.07, 6.45) is 7.31. The van der Waals surface area contributed by atoms with Crippen LogP contribution < -0.4 is 17.3 Å². The molecule has 2 heterocycles. The number of carbonyl (C=O) groups is 1. The van der Waals surface area contributed by atoms with Crippen molar-refractivity contribution in [3.63, 3.8) is 0 Å². The van der Waals surface area contributed by atoms with E-state index >= 15 is 0 Å². The lowest BCUT2D eigenvalue weighted by Gasteiger charge is -2.38. The summed E-state index contributed by atoms with van der Waals surface area (Å²) in [4.78, 5) is 15.8. The molecule has 1 N–H and O–H groups in total. The predicted octanol–water partition coefficient (Wildman–Crippen LogP) is -0.975. The van der Waals surface area contributed by atoms with Crippen molar-refractivity contribution in [3.05, 3.63) is 40.9 Å². The van der Waals surface area contributed by atoms with E-state index in [1.54, 1.807) is 4.90 Å². The minimum absolute atomic E-state index is 0. The Hall–Kier alpha value is -1.03. The van der Waals surface area contributed by atoms with Crippen molar-refractivity contribution in [2.24, 2.45) is 0 Å². The van der Waals surface area contributed by atoms with Crippen molar-refractivity contribution in [2.45, 2.75) is 38.3 Å². The van der Waals surface area contributed by atoms with Gasteiger partial charge in [-0.25, -0.2) is 0 Å².